The summed E-state index contributed by atoms with van der Waals surface area (Å²) < 4.78 is 2.09. The lowest BCUT2D eigenvalue weighted by molar-refractivity contribution is 0.102. The Morgan fingerprint density at radius 2 is 1.85 bits per heavy atom. The van der Waals surface area contributed by atoms with Crippen molar-refractivity contribution in [3.63, 3.8) is 0 Å². The molecule has 4 nitrogen and oxygen atoms in total. The van der Waals surface area contributed by atoms with Crippen LogP contribution in [0.1, 0.15) is 39.8 Å². The SMILES string of the molecule is CCn1c(Cc2ccccc2)nnc1SCC(=O)c1ccc(C)cc1C. The van der Waals surface area contributed by atoms with Crippen LogP contribution in [0, 0.1) is 13.8 Å². The maximum Gasteiger partial charge on any atom is 0.191 e. The minimum Gasteiger partial charge on any atom is -0.306 e. The van der Waals surface area contributed by atoms with Gasteiger partial charge in [0.25, 0.3) is 0 Å². The second-order valence-electron chi connectivity index (χ2n) is 6.34. The molecule has 0 aliphatic carbocycles. The van der Waals surface area contributed by atoms with Crippen molar-refractivity contribution in [2.45, 2.75) is 38.9 Å². The fourth-order valence-electron chi connectivity index (χ4n) is 2.99. The molecule has 0 N–H and O–H groups in total. The maximum absolute atomic E-state index is 12.6. The summed E-state index contributed by atoms with van der Waals surface area (Å²) in [4.78, 5) is 12.6. The first kappa shape index (κ1) is 18.4. The predicted molar refractivity (Wildman–Crippen MR) is 106 cm³/mol. The third-order valence-electron chi connectivity index (χ3n) is 4.33. The van der Waals surface area contributed by atoms with Crippen molar-refractivity contribution in [3.05, 3.63) is 76.6 Å². The molecular weight excluding hydrogens is 342 g/mol. The van der Waals surface area contributed by atoms with E-state index in [1.54, 1.807) is 0 Å². The molecule has 0 fully saturated rings. The monoisotopic (exact) mass is 365 g/mol. The number of hydrogen-bond acceptors (Lipinski definition) is 4. The number of thioether (sulfide) groups is 1. The Morgan fingerprint density at radius 3 is 2.54 bits per heavy atom. The van der Waals surface area contributed by atoms with E-state index in [-0.39, 0.29) is 5.78 Å². The molecule has 0 radical (unpaired) electrons. The summed E-state index contributed by atoms with van der Waals surface area (Å²) in [7, 11) is 0. The molecule has 0 aliphatic heterocycles. The van der Waals surface area contributed by atoms with Crippen molar-refractivity contribution in [2.24, 2.45) is 0 Å². The average molecular weight is 366 g/mol. The van der Waals surface area contributed by atoms with E-state index in [0.717, 1.165) is 35.1 Å². The first-order chi connectivity index (χ1) is 12.6. The number of nitrogens with zero attached hydrogens (tertiary/aromatic N) is 3. The van der Waals surface area contributed by atoms with E-state index in [0.29, 0.717) is 5.75 Å². The van der Waals surface area contributed by atoms with Crippen LogP contribution in [0.4, 0.5) is 0 Å². The van der Waals surface area contributed by atoms with E-state index in [1.165, 1.54) is 22.9 Å². The van der Waals surface area contributed by atoms with E-state index in [1.807, 2.05) is 50.2 Å². The smallest absolute Gasteiger partial charge is 0.191 e. The zero-order valence-corrected chi connectivity index (χ0v) is 16.2. The van der Waals surface area contributed by atoms with Gasteiger partial charge in [0.1, 0.15) is 5.82 Å². The average Bonchev–Trinajstić information content (AvgIpc) is 3.02. The number of Topliss-reactive ketones (excluding diaryl/α,β-unsaturated/α-hetero) is 1. The van der Waals surface area contributed by atoms with Gasteiger partial charge in [-0.25, -0.2) is 0 Å². The number of carbonyl (C=O) groups is 1. The second-order valence-corrected chi connectivity index (χ2v) is 7.28. The van der Waals surface area contributed by atoms with Gasteiger partial charge in [0.05, 0.1) is 5.75 Å². The van der Waals surface area contributed by atoms with Crippen LogP contribution in [-0.2, 0) is 13.0 Å². The number of aromatic nitrogens is 3. The molecule has 0 saturated heterocycles. The largest absolute Gasteiger partial charge is 0.306 e. The van der Waals surface area contributed by atoms with Crippen LogP contribution in [0.2, 0.25) is 0 Å². The van der Waals surface area contributed by atoms with Crippen LogP contribution in [0.15, 0.2) is 53.7 Å². The summed E-state index contributed by atoms with van der Waals surface area (Å²) in [5.74, 6) is 1.43. The molecule has 0 saturated carbocycles. The Morgan fingerprint density at radius 1 is 1.08 bits per heavy atom. The number of carbonyl (C=O) groups excluding carboxylic acids is 1. The van der Waals surface area contributed by atoms with Crippen LogP contribution in [0.25, 0.3) is 0 Å². The highest BCUT2D eigenvalue weighted by Gasteiger charge is 2.15. The Bertz CT molecular complexity index is 903. The van der Waals surface area contributed by atoms with Gasteiger partial charge in [0, 0.05) is 18.5 Å². The van der Waals surface area contributed by atoms with Gasteiger partial charge in [-0.15, -0.1) is 10.2 Å². The molecule has 134 valence electrons. The molecule has 0 spiro atoms. The first-order valence-electron chi connectivity index (χ1n) is 8.77. The van der Waals surface area contributed by atoms with E-state index < -0.39 is 0 Å². The predicted octanol–water partition coefficient (Wildman–Crippen LogP) is 4.48. The summed E-state index contributed by atoms with van der Waals surface area (Å²) in [5, 5.41) is 9.45. The molecule has 26 heavy (non-hydrogen) atoms. The molecule has 0 amide bonds. The zero-order chi connectivity index (χ0) is 18.5. The lowest BCUT2D eigenvalue weighted by Gasteiger charge is -2.08. The van der Waals surface area contributed by atoms with E-state index in [4.69, 9.17) is 0 Å². The fourth-order valence-corrected chi connectivity index (χ4v) is 3.89. The highest BCUT2D eigenvalue weighted by atomic mass is 32.2. The van der Waals surface area contributed by atoms with Crippen LogP contribution in [-0.4, -0.2) is 26.3 Å². The number of benzene rings is 2. The molecular formula is C21H23N3OS. The van der Waals surface area contributed by atoms with Gasteiger partial charge < -0.3 is 4.57 Å². The molecule has 3 rings (SSSR count). The van der Waals surface area contributed by atoms with Gasteiger partial charge in [0.2, 0.25) is 0 Å². The third-order valence-corrected chi connectivity index (χ3v) is 5.30. The number of aryl methyl sites for hydroxylation is 2. The van der Waals surface area contributed by atoms with Gasteiger partial charge in [-0.2, -0.15) is 0 Å². The van der Waals surface area contributed by atoms with Crippen molar-refractivity contribution in [2.75, 3.05) is 5.75 Å². The van der Waals surface area contributed by atoms with Crippen molar-refractivity contribution in [1.82, 2.24) is 14.8 Å². The topological polar surface area (TPSA) is 47.8 Å². The van der Waals surface area contributed by atoms with Crippen LogP contribution in [0.5, 0.6) is 0 Å². The van der Waals surface area contributed by atoms with Crippen molar-refractivity contribution in [1.29, 1.82) is 0 Å². The van der Waals surface area contributed by atoms with Crippen molar-refractivity contribution >= 4 is 17.5 Å². The standard InChI is InChI=1S/C21H23N3OS/c1-4-24-20(13-17-8-6-5-7-9-17)22-23-21(24)26-14-19(25)18-11-10-15(2)12-16(18)3/h5-12H,4,13-14H2,1-3H3. The Balaban J connectivity index is 1.71. The Hall–Kier alpha value is -2.40. The maximum atomic E-state index is 12.6. The second kappa shape index (κ2) is 8.32. The lowest BCUT2D eigenvalue weighted by atomic mass is 10.0. The number of hydrogen-bond donors (Lipinski definition) is 0. The van der Waals surface area contributed by atoms with Gasteiger partial charge in [-0.3, -0.25) is 4.79 Å². The molecule has 1 heterocycles. The van der Waals surface area contributed by atoms with Gasteiger partial charge in [-0.05, 0) is 31.9 Å². The summed E-state index contributed by atoms with van der Waals surface area (Å²) >= 11 is 1.46. The number of rotatable bonds is 7. The minimum absolute atomic E-state index is 0.128. The summed E-state index contributed by atoms with van der Waals surface area (Å²) in [6.07, 6.45) is 0.743. The van der Waals surface area contributed by atoms with Crippen LogP contribution < -0.4 is 0 Å². The van der Waals surface area contributed by atoms with E-state index in [9.17, 15) is 4.79 Å². The molecule has 0 atom stereocenters. The molecule has 0 bridgehead atoms. The molecule has 0 aliphatic rings. The van der Waals surface area contributed by atoms with Crippen LogP contribution in [0.3, 0.4) is 0 Å². The summed E-state index contributed by atoms with van der Waals surface area (Å²) in [5.41, 5.74) is 4.19. The van der Waals surface area contributed by atoms with Gasteiger partial charge in [-0.1, -0.05) is 65.9 Å². The van der Waals surface area contributed by atoms with E-state index in [2.05, 4.69) is 33.8 Å². The van der Waals surface area contributed by atoms with Gasteiger partial charge in [0.15, 0.2) is 10.9 Å². The number of ketones is 1. The summed E-state index contributed by atoms with van der Waals surface area (Å²) in [6.45, 7) is 6.88. The van der Waals surface area contributed by atoms with Crippen molar-refractivity contribution in [3.8, 4) is 0 Å². The lowest BCUT2D eigenvalue weighted by Crippen LogP contribution is -2.08. The highest BCUT2D eigenvalue weighted by molar-refractivity contribution is 7.99. The van der Waals surface area contributed by atoms with Crippen LogP contribution >= 0.6 is 11.8 Å². The third kappa shape index (κ3) is 4.22. The Kier molecular flexibility index (Phi) is 5.89. The molecule has 5 heteroatoms. The van der Waals surface area contributed by atoms with Gasteiger partial charge >= 0.3 is 0 Å². The zero-order valence-electron chi connectivity index (χ0n) is 15.4. The first-order valence-corrected chi connectivity index (χ1v) is 9.76. The summed E-state index contributed by atoms with van der Waals surface area (Å²) in [6, 6.07) is 16.2. The molecule has 3 aromatic rings. The minimum atomic E-state index is 0.128. The Labute approximate surface area is 158 Å². The highest BCUT2D eigenvalue weighted by Crippen LogP contribution is 2.21. The molecule has 2 aromatic carbocycles. The fraction of sp³-hybridized carbons (Fsp3) is 0.286. The molecule has 0 unspecified atom stereocenters. The van der Waals surface area contributed by atoms with Crippen molar-refractivity contribution < 1.29 is 4.79 Å². The molecule has 1 aromatic heterocycles. The normalized spacial score (nSPS) is 10.9. The quantitative estimate of drug-likeness (QED) is 0.457. The van der Waals surface area contributed by atoms with E-state index >= 15 is 0 Å².